The summed E-state index contributed by atoms with van der Waals surface area (Å²) in [6.45, 7) is 0. The summed E-state index contributed by atoms with van der Waals surface area (Å²) < 4.78 is 12.7. The van der Waals surface area contributed by atoms with E-state index in [1.165, 1.54) is 0 Å². The third-order valence-corrected chi connectivity index (χ3v) is 4.60. The summed E-state index contributed by atoms with van der Waals surface area (Å²) in [5, 5.41) is 0.497. The highest BCUT2D eigenvalue weighted by atomic mass is 35.5. The molecule has 4 aromatic rings. The van der Waals surface area contributed by atoms with Crippen molar-refractivity contribution in [2.24, 2.45) is 0 Å². The van der Waals surface area contributed by atoms with Crippen LogP contribution < -0.4 is 15.2 Å². The molecule has 7 heteroatoms. The fourth-order valence-corrected chi connectivity index (χ4v) is 3.21. The number of nitrogens with zero attached hydrogens (tertiary/aromatic N) is 3. The Hall–Kier alpha value is -3.25. The first kappa shape index (κ1) is 17.2. The van der Waals surface area contributed by atoms with Crippen LogP contribution in [-0.2, 0) is 0 Å². The Morgan fingerprint density at radius 3 is 2.56 bits per heavy atom. The molecule has 0 aliphatic carbocycles. The number of imidazole rings is 1. The summed E-state index contributed by atoms with van der Waals surface area (Å²) in [7, 11) is 3.17. The fourth-order valence-electron chi connectivity index (χ4n) is 2.97. The molecule has 136 valence electrons. The minimum atomic E-state index is 0.497. The molecule has 0 saturated carbocycles. The van der Waals surface area contributed by atoms with Crippen molar-refractivity contribution < 1.29 is 9.47 Å². The lowest BCUT2D eigenvalue weighted by molar-refractivity contribution is 0.395. The van der Waals surface area contributed by atoms with Crippen LogP contribution in [0, 0.1) is 0 Å². The second-order valence-electron chi connectivity index (χ2n) is 6.00. The normalized spacial score (nSPS) is 10.9. The zero-order valence-corrected chi connectivity index (χ0v) is 15.6. The van der Waals surface area contributed by atoms with Crippen LogP contribution in [0.3, 0.4) is 0 Å². The van der Waals surface area contributed by atoms with Gasteiger partial charge in [0, 0.05) is 42.0 Å². The van der Waals surface area contributed by atoms with Gasteiger partial charge in [-0.15, -0.1) is 0 Å². The number of benzene rings is 1. The monoisotopic (exact) mass is 380 g/mol. The quantitative estimate of drug-likeness (QED) is 0.570. The molecule has 2 N–H and O–H groups in total. The topological polar surface area (TPSA) is 74.7 Å². The maximum absolute atomic E-state index is 6.29. The van der Waals surface area contributed by atoms with E-state index >= 15 is 0 Å². The number of nitrogens with two attached hydrogens (primary N) is 1. The molecule has 0 saturated heterocycles. The van der Waals surface area contributed by atoms with Gasteiger partial charge in [0.25, 0.3) is 0 Å². The number of hydrogen-bond acceptors (Lipinski definition) is 5. The first-order valence-electron chi connectivity index (χ1n) is 8.20. The van der Waals surface area contributed by atoms with Gasteiger partial charge in [0.1, 0.15) is 17.1 Å². The Morgan fingerprint density at radius 1 is 1.00 bits per heavy atom. The van der Waals surface area contributed by atoms with Gasteiger partial charge in [0.15, 0.2) is 0 Å². The maximum Gasteiger partial charge on any atom is 0.141 e. The molecular formula is C20H17ClN4O2. The second kappa shape index (κ2) is 6.81. The van der Waals surface area contributed by atoms with Gasteiger partial charge in [0.2, 0.25) is 0 Å². The third-order valence-electron chi connectivity index (χ3n) is 4.30. The molecule has 0 bridgehead atoms. The molecule has 0 fully saturated rings. The minimum absolute atomic E-state index is 0.497. The van der Waals surface area contributed by atoms with E-state index in [-0.39, 0.29) is 0 Å². The molecule has 4 rings (SSSR count). The van der Waals surface area contributed by atoms with Crippen molar-refractivity contribution in [1.29, 1.82) is 0 Å². The van der Waals surface area contributed by atoms with Crippen LogP contribution in [0.2, 0.25) is 5.02 Å². The smallest absolute Gasteiger partial charge is 0.141 e. The van der Waals surface area contributed by atoms with E-state index in [1.54, 1.807) is 38.7 Å². The molecule has 0 amide bonds. The number of fused-ring (bicyclic) bond motifs is 1. The molecule has 0 unspecified atom stereocenters. The minimum Gasteiger partial charge on any atom is -0.496 e. The van der Waals surface area contributed by atoms with Crippen molar-refractivity contribution in [1.82, 2.24) is 14.4 Å². The number of hydrogen-bond donors (Lipinski definition) is 1. The summed E-state index contributed by atoms with van der Waals surface area (Å²) in [4.78, 5) is 8.88. The summed E-state index contributed by atoms with van der Waals surface area (Å²) in [6.07, 6.45) is 7.27. The van der Waals surface area contributed by atoms with Gasteiger partial charge in [-0.05, 0) is 29.8 Å². The van der Waals surface area contributed by atoms with Crippen LogP contribution in [0.5, 0.6) is 11.5 Å². The van der Waals surface area contributed by atoms with Crippen LogP contribution >= 0.6 is 11.6 Å². The van der Waals surface area contributed by atoms with Gasteiger partial charge >= 0.3 is 0 Å². The molecule has 0 aliphatic heterocycles. The van der Waals surface area contributed by atoms with Crippen LogP contribution in [-0.4, -0.2) is 28.6 Å². The van der Waals surface area contributed by atoms with Crippen molar-refractivity contribution in [2.45, 2.75) is 0 Å². The number of aromatic nitrogens is 3. The van der Waals surface area contributed by atoms with E-state index in [2.05, 4.69) is 4.98 Å². The van der Waals surface area contributed by atoms with Crippen molar-refractivity contribution in [2.75, 3.05) is 20.0 Å². The lowest BCUT2D eigenvalue weighted by Gasteiger charge is -2.10. The Bertz CT molecular complexity index is 1140. The number of ether oxygens (including phenoxy) is 2. The molecule has 3 aromatic heterocycles. The van der Waals surface area contributed by atoms with E-state index in [1.807, 2.05) is 35.0 Å². The Labute approximate surface area is 161 Å². The number of pyridine rings is 2. The van der Waals surface area contributed by atoms with E-state index in [4.69, 9.17) is 31.8 Å². The van der Waals surface area contributed by atoms with Gasteiger partial charge < -0.3 is 19.6 Å². The first-order chi connectivity index (χ1) is 13.1. The second-order valence-corrected chi connectivity index (χ2v) is 6.41. The van der Waals surface area contributed by atoms with Crippen molar-refractivity contribution in [3.63, 3.8) is 0 Å². The highest BCUT2D eigenvalue weighted by Crippen LogP contribution is 2.38. The Kier molecular flexibility index (Phi) is 4.33. The van der Waals surface area contributed by atoms with Crippen molar-refractivity contribution >= 4 is 22.9 Å². The zero-order chi connectivity index (χ0) is 19.0. The molecule has 0 spiro atoms. The van der Waals surface area contributed by atoms with Crippen LogP contribution in [0.4, 0.5) is 5.69 Å². The summed E-state index contributed by atoms with van der Waals surface area (Å²) in [5.41, 5.74) is 10.7. The molecule has 6 nitrogen and oxygen atoms in total. The predicted octanol–water partition coefficient (Wildman–Crippen LogP) is 4.32. The average Bonchev–Trinajstić information content (AvgIpc) is 3.11. The van der Waals surface area contributed by atoms with Gasteiger partial charge in [-0.25, -0.2) is 4.98 Å². The number of nitrogen functional groups attached to an aromatic ring is 1. The Balaban J connectivity index is 1.82. The van der Waals surface area contributed by atoms with E-state index < -0.39 is 0 Å². The third kappa shape index (κ3) is 3.15. The summed E-state index contributed by atoms with van der Waals surface area (Å²) in [6, 6.07) is 9.41. The fraction of sp³-hybridized carbons (Fsp3) is 0.100. The molecule has 3 heterocycles. The van der Waals surface area contributed by atoms with Crippen LogP contribution in [0.1, 0.15) is 0 Å². The van der Waals surface area contributed by atoms with Gasteiger partial charge in [0.05, 0.1) is 30.6 Å². The van der Waals surface area contributed by atoms with Gasteiger partial charge in [-0.2, -0.15) is 0 Å². The Morgan fingerprint density at radius 2 is 1.81 bits per heavy atom. The molecular weight excluding hydrogens is 364 g/mol. The van der Waals surface area contributed by atoms with E-state index in [9.17, 15) is 0 Å². The molecule has 27 heavy (non-hydrogen) atoms. The molecule has 1 aromatic carbocycles. The summed E-state index contributed by atoms with van der Waals surface area (Å²) >= 11 is 6.29. The molecule has 0 atom stereocenters. The highest BCUT2D eigenvalue weighted by molar-refractivity contribution is 6.32. The number of anilines is 1. The highest BCUT2D eigenvalue weighted by Gasteiger charge is 2.15. The summed E-state index contributed by atoms with van der Waals surface area (Å²) in [5.74, 6) is 1.19. The number of methoxy groups -OCH3 is 2. The van der Waals surface area contributed by atoms with Gasteiger partial charge in [-0.3, -0.25) is 4.98 Å². The largest absolute Gasteiger partial charge is 0.496 e. The molecule has 0 radical (unpaired) electrons. The zero-order valence-electron chi connectivity index (χ0n) is 14.8. The number of halogens is 1. The lowest BCUT2D eigenvalue weighted by atomic mass is 10.1. The average molecular weight is 381 g/mol. The predicted molar refractivity (Wildman–Crippen MR) is 106 cm³/mol. The lowest BCUT2D eigenvalue weighted by Crippen LogP contribution is -1.91. The number of rotatable bonds is 4. The van der Waals surface area contributed by atoms with E-state index in [0.717, 1.165) is 28.0 Å². The van der Waals surface area contributed by atoms with Gasteiger partial charge in [-0.1, -0.05) is 11.6 Å². The van der Waals surface area contributed by atoms with Crippen molar-refractivity contribution in [3.05, 3.63) is 60.1 Å². The SMILES string of the molecule is COc1cc(OC)c(-c2cn3ccc(-c4cncc(N)c4)cc3n2)cc1Cl. The molecule has 0 aliphatic rings. The van der Waals surface area contributed by atoms with Crippen molar-refractivity contribution in [3.8, 4) is 33.9 Å². The van der Waals surface area contributed by atoms with E-state index in [0.29, 0.717) is 22.2 Å². The van der Waals surface area contributed by atoms with Crippen LogP contribution in [0.15, 0.2) is 55.1 Å². The standard InChI is InChI=1S/C20H17ClN4O2/c1-26-18-8-19(27-2)16(21)7-15(18)17-11-25-4-3-12(6-20(25)24-17)13-5-14(22)10-23-9-13/h3-11H,22H2,1-2H3. The maximum atomic E-state index is 6.29. The van der Waals surface area contributed by atoms with Crippen LogP contribution in [0.25, 0.3) is 28.0 Å². The first-order valence-corrected chi connectivity index (χ1v) is 8.58.